The van der Waals surface area contributed by atoms with Gasteiger partial charge in [0.05, 0.1) is 22.1 Å². The van der Waals surface area contributed by atoms with Gasteiger partial charge in [0.25, 0.3) is 0 Å². The molecule has 0 fully saturated rings. The molecule has 0 amide bonds. The number of aromatic nitrogens is 4. The van der Waals surface area contributed by atoms with E-state index < -0.39 is 0 Å². The van der Waals surface area contributed by atoms with Crippen molar-refractivity contribution in [2.45, 2.75) is 33.1 Å². The molecule has 0 saturated carbocycles. The zero-order chi connectivity index (χ0) is 22.4. The first kappa shape index (κ1) is 19.7. The van der Waals surface area contributed by atoms with Gasteiger partial charge in [0.2, 0.25) is 0 Å². The Bertz CT molecular complexity index is 1540. The Morgan fingerprint density at radius 2 is 0.758 bits per heavy atom. The van der Waals surface area contributed by atoms with Gasteiger partial charge in [-0.2, -0.15) is 0 Å². The fourth-order valence-electron chi connectivity index (χ4n) is 4.54. The summed E-state index contributed by atoms with van der Waals surface area (Å²) in [5.41, 5.74) is 8.18. The SMILES string of the molecule is Cc1ccc2ccc3ccc(CCCc4ccc5ccc6ccc(C)nc6c5n4)nc3c2n1. The van der Waals surface area contributed by atoms with Crippen LogP contribution in [0.25, 0.3) is 43.6 Å². The highest BCUT2D eigenvalue weighted by Gasteiger charge is 2.08. The fourth-order valence-corrected chi connectivity index (χ4v) is 4.54. The highest BCUT2D eigenvalue weighted by Crippen LogP contribution is 2.25. The number of hydrogen-bond donors (Lipinski definition) is 0. The van der Waals surface area contributed by atoms with Crippen LogP contribution in [0.1, 0.15) is 29.2 Å². The average molecular weight is 429 g/mol. The minimum Gasteiger partial charge on any atom is -0.251 e. The summed E-state index contributed by atoms with van der Waals surface area (Å²) >= 11 is 0. The summed E-state index contributed by atoms with van der Waals surface area (Å²) in [7, 11) is 0. The monoisotopic (exact) mass is 428 g/mol. The topological polar surface area (TPSA) is 51.6 Å². The second-order valence-corrected chi connectivity index (χ2v) is 8.78. The fraction of sp³-hybridized carbons (Fsp3) is 0.172. The van der Waals surface area contributed by atoms with Gasteiger partial charge in [-0.05, 0) is 57.4 Å². The molecular formula is C29H24N4. The molecule has 0 saturated heterocycles. The molecule has 4 aromatic heterocycles. The molecule has 6 aromatic rings. The maximum atomic E-state index is 4.98. The Morgan fingerprint density at radius 3 is 1.18 bits per heavy atom. The predicted molar refractivity (Wildman–Crippen MR) is 136 cm³/mol. The van der Waals surface area contributed by atoms with Crippen LogP contribution in [0.5, 0.6) is 0 Å². The van der Waals surface area contributed by atoms with Crippen LogP contribution < -0.4 is 0 Å². The maximum Gasteiger partial charge on any atom is 0.0967 e. The van der Waals surface area contributed by atoms with Gasteiger partial charge in [-0.1, -0.05) is 48.5 Å². The first-order chi connectivity index (χ1) is 16.1. The van der Waals surface area contributed by atoms with Gasteiger partial charge in [-0.3, -0.25) is 19.9 Å². The van der Waals surface area contributed by atoms with Gasteiger partial charge in [-0.25, -0.2) is 0 Å². The van der Waals surface area contributed by atoms with E-state index in [0.29, 0.717) is 0 Å². The lowest BCUT2D eigenvalue weighted by Gasteiger charge is -2.08. The van der Waals surface area contributed by atoms with Crippen LogP contribution in [0, 0.1) is 13.8 Å². The summed E-state index contributed by atoms with van der Waals surface area (Å²) in [5.74, 6) is 0. The van der Waals surface area contributed by atoms with Gasteiger partial charge in [-0.15, -0.1) is 0 Å². The van der Waals surface area contributed by atoms with Crippen molar-refractivity contribution in [3.63, 3.8) is 0 Å². The van der Waals surface area contributed by atoms with Gasteiger partial charge >= 0.3 is 0 Å². The number of fused-ring (bicyclic) bond motifs is 6. The number of pyridine rings is 4. The third-order valence-corrected chi connectivity index (χ3v) is 6.30. The number of benzene rings is 2. The van der Waals surface area contributed by atoms with Crippen LogP contribution in [0.15, 0.2) is 72.8 Å². The van der Waals surface area contributed by atoms with Crippen molar-refractivity contribution in [1.29, 1.82) is 0 Å². The quantitative estimate of drug-likeness (QED) is 0.294. The molecule has 33 heavy (non-hydrogen) atoms. The van der Waals surface area contributed by atoms with E-state index in [4.69, 9.17) is 19.9 Å². The van der Waals surface area contributed by atoms with E-state index in [2.05, 4.69) is 72.8 Å². The summed E-state index contributed by atoms with van der Waals surface area (Å²) < 4.78 is 0. The number of aryl methyl sites for hydroxylation is 4. The molecule has 0 bridgehead atoms. The molecule has 0 N–H and O–H groups in total. The minimum atomic E-state index is 0.907. The molecule has 0 aliphatic heterocycles. The second-order valence-electron chi connectivity index (χ2n) is 8.78. The third-order valence-electron chi connectivity index (χ3n) is 6.30. The molecule has 160 valence electrons. The molecule has 0 atom stereocenters. The summed E-state index contributed by atoms with van der Waals surface area (Å²) in [6.45, 7) is 4.05. The van der Waals surface area contributed by atoms with Crippen molar-refractivity contribution in [3.05, 3.63) is 95.6 Å². The molecule has 0 radical (unpaired) electrons. The average Bonchev–Trinajstić information content (AvgIpc) is 2.84. The summed E-state index contributed by atoms with van der Waals surface area (Å²) in [6.07, 6.45) is 2.81. The first-order valence-corrected chi connectivity index (χ1v) is 11.5. The molecule has 0 spiro atoms. The second kappa shape index (κ2) is 7.89. The van der Waals surface area contributed by atoms with Gasteiger partial charge in [0.1, 0.15) is 0 Å². The normalized spacial score (nSPS) is 11.7. The highest BCUT2D eigenvalue weighted by molar-refractivity contribution is 6.03. The smallest absolute Gasteiger partial charge is 0.0967 e. The van der Waals surface area contributed by atoms with Crippen molar-refractivity contribution in [2.75, 3.05) is 0 Å². The molecule has 4 heterocycles. The largest absolute Gasteiger partial charge is 0.251 e. The zero-order valence-electron chi connectivity index (χ0n) is 18.8. The van der Waals surface area contributed by atoms with Crippen molar-refractivity contribution >= 4 is 43.6 Å². The molecular weight excluding hydrogens is 404 g/mol. The van der Waals surface area contributed by atoms with Crippen LogP contribution >= 0.6 is 0 Å². The zero-order valence-corrected chi connectivity index (χ0v) is 18.8. The van der Waals surface area contributed by atoms with Crippen LogP contribution in [0.4, 0.5) is 0 Å². The van der Waals surface area contributed by atoms with Crippen molar-refractivity contribution in [3.8, 4) is 0 Å². The number of nitrogens with zero attached hydrogens (tertiary/aromatic N) is 4. The predicted octanol–water partition coefficient (Wildman–Crippen LogP) is 6.67. The van der Waals surface area contributed by atoms with E-state index in [1.54, 1.807) is 0 Å². The lowest BCUT2D eigenvalue weighted by Crippen LogP contribution is -1.97. The van der Waals surface area contributed by atoms with E-state index in [0.717, 1.165) is 85.6 Å². The molecule has 4 heteroatoms. The Hall–Kier alpha value is -3.92. The van der Waals surface area contributed by atoms with E-state index in [1.165, 1.54) is 0 Å². The van der Waals surface area contributed by atoms with Crippen LogP contribution in [-0.2, 0) is 12.8 Å². The number of rotatable bonds is 4. The van der Waals surface area contributed by atoms with Crippen LogP contribution in [0.3, 0.4) is 0 Å². The van der Waals surface area contributed by atoms with Crippen LogP contribution in [0.2, 0.25) is 0 Å². The Morgan fingerprint density at radius 1 is 0.424 bits per heavy atom. The highest BCUT2D eigenvalue weighted by atomic mass is 14.8. The van der Waals surface area contributed by atoms with Gasteiger partial charge in [0.15, 0.2) is 0 Å². The Balaban J connectivity index is 1.27. The standard InChI is InChI=1S/C29H24N4/c1-18-6-8-20-10-12-22-14-16-24(32-28(22)26(20)30-18)4-3-5-25-17-15-23-13-11-21-9-7-19(2)31-27(21)29(23)33-25/h6-17H,3-5H2,1-2H3. The van der Waals surface area contributed by atoms with E-state index in [9.17, 15) is 0 Å². The maximum absolute atomic E-state index is 4.98. The molecule has 2 aromatic carbocycles. The Kier molecular flexibility index (Phi) is 4.72. The molecule has 0 aliphatic rings. The van der Waals surface area contributed by atoms with Crippen molar-refractivity contribution in [1.82, 2.24) is 19.9 Å². The summed E-state index contributed by atoms with van der Waals surface area (Å²) in [5, 5.41) is 4.54. The molecule has 0 aliphatic carbocycles. The third kappa shape index (κ3) is 3.68. The lowest BCUT2D eigenvalue weighted by molar-refractivity contribution is 0.788. The van der Waals surface area contributed by atoms with Gasteiger partial charge < -0.3 is 0 Å². The molecule has 0 unspecified atom stereocenters. The van der Waals surface area contributed by atoms with Crippen molar-refractivity contribution < 1.29 is 0 Å². The molecule has 6 rings (SSSR count). The first-order valence-electron chi connectivity index (χ1n) is 11.5. The van der Waals surface area contributed by atoms with E-state index >= 15 is 0 Å². The summed E-state index contributed by atoms with van der Waals surface area (Å²) in [4.78, 5) is 19.5. The van der Waals surface area contributed by atoms with E-state index in [1.807, 2.05) is 13.8 Å². The van der Waals surface area contributed by atoms with E-state index in [-0.39, 0.29) is 0 Å². The Labute approximate surface area is 192 Å². The number of hydrogen-bond acceptors (Lipinski definition) is 4. The minimum absolute atomic E-state index is 0.907. The van der Waals surface area contributed by atoms with Crippen LogP contribution in [-0.4, -0.2) is 19.9 Å². The lowest BCUT2D eigenvalue weighted by atomic mass is 10.1. The summed E-state index contributed by atoms with van der Waals surface area (Å²) in [6, 6.07) is 25.4. The molecule has 4 nitrogen and oxygen atoms in total. The van der Waals surface area contributed by atoms with Crippen molar-refractivity contribution in [2.24, 2.45) is 0 Å². The van der Waals surface area contributed by atoms with Gasteiger partial charge in [0, 0.05) is 44.3 Å².